The van der Waals surface area contributed by atoms with Crippen molar-refractivity contribution in [1.29, 1.82) is 0 Å². The van der Waals surface area contributed by atoms with Gasteiger partial charge in [0.05, 0.1) is 5.56 Å². The van der Waals surface area contributed by atoms with Gasteiger partial charge < -0.3 is 15.2 Å². The molecule has 0 saturated heterocycles. The Kier molecular flexibility index (Phi) is 13.4. The fourth-order valence-corrected chi connectivity index (χ4v) is 4.50. The van der Waals surface area contributed by atoms with Crippen LogP contribution >= 0.6 is 11.8 Å². The summed E-state index contributed by atoms with van der Waals surface area (Å²) in [7, 11) is 0. The molecule has 2 N–H and O–H groups in total. The first-order valence-corrected chi connectivity index (χ1v) is 13.8. The summed E-state index contributed by atoms with van der Waals surface area (Å²) >= 11 is 1.49. The van der Waals surface area contributed by atoms with Crippen LogP contribution in [0.15, 0.2) is 89.5 Å². The molecule has 0 aromatic heterocycles. The first-order valence-electron chi connectivity index (χ1n) is 12.6. The van der Waals surface area contributed by atoms with Crippen molar-refractivity contribution in [2.24, 2.45) is 0 Å². The Morgan fingerprint density at radius 1 is 0.892 bits per heavy atom. The van der Waals surface area contributed by atoms with Crippen LogP contribution < -0.4 is 10.1 Å². The molecule has 0 fully saturated rings. The molecule has 0 saturated carbocycles. The Morgan fingerprint density at radius 2 is 1.51 bits per heavy atom. The number of carboxylic acids is 1. The highest BCUT2D eigenvalue weighted by Gasteiger charge is 2.22. The maximum Gasteiger partial charge on any atom is 0.327 e. The average Bonchev–Trinajstić information content (AvgIpc) is 2.86. The fourth-order valence-electron chi connectivity index (χ4n) is 3.50. The third-order valence-electron chi connectivity index (χ3n) is 5.66. The molecule has 2 aromatic rings. The van der Waals surface area contributed by atoms with Gasteiger partial charge in [-0.05, 0) is 77.6 Å². The van der Waals surface area contributed by atoms with Gasteiger partial charge in [0.1, 0.15) is 17.5 Å². The van der Waals surface area contributed by atoms with Crippen molar-refractivity contribution in [3.63, 3.8) is 0 Å². The van der Waals surface area contributed by atoms with Gasteiger partial charge in [0.25, 0.3) is 5.91 Å². The van der Waals surface area contributed by atoms with E-state index in [1.807, 2.05) is 18.2 Å². The third-order valence-corrected chi connectivity index (χ3v) is 6.63. The molecule has 0 aliphatic heterocycles. The van der Waals surface area contributed by atoms with Gasteiger partial charge in [-0.15, -0.1) is 0 Å². The van der Waals surface area contributed by atoms with Crippen molar-refractivity contribution >= 4 is 23.6 Å². The van der Waals surface area contributed by atoms with E-state index < -0.39 is 17.9 Å². The Balaban J connectivity index is 1.83. The van der Waals surface area contributed by atoms with Crippen molar-refractivity contribution < 1.29 is 19.4 Å². The van der Waals surface area contributed by atoms with Gasteiger partial charge in [-0.25, -0.2) is 4.79 Å². The molecule has 0 heterocycles. The largest absolute Gasteiger partial charge is 0.480 e. The van der Waals surface area contributed by atoms with E-state index >= 15 is 0 Å². The van der Waals surface area contributed by atoms with Gasteiger partial charge >= 0.3 is 5.97 Å². The van der Waals surface area contributed by atoms with Gasteiger partial charge in [-0.1, -0.05) is 65.3 Å². The maximum atomic E-state index is 12.9. The molecule has 37 heavy (non-hydrogen) atoms. The standard InChI is InChI=1S/C31H39NO4S/c1-23(2)12-10-13-24(3)14-11-15-25(4)20-21-37-22-28(31(34)35)32-30(33)27-18-8-9-19-29(27)36-26-16-6-5-7-17-26/h5-9,12,14,16-20,28H,10-11,13,15,21-22H2,1-4H3,(H,32,33)(H,34,35)/b24-14+,25-20+/t28-/m0/s1. The van der Waals surface area contributed by atoms with Crippen LogP contribution in [0, 0.1) is 0 Å². The summed E-state index contributed by atoms with van der Waals surface area (Å²) in [6.45, 7) is 8.53. The zero-order valence-corrected chi connectivity index (χ0v) is 23.1. The van der Waals surface area contributed by atoms with E-state index in [-0.39, 0.29) is 5.75 Å². The lowest BCUT2D eigenvalue weighted by molar-refractivity contribution is -0.138. The van der Waals surface area contributed by atoms with Gasteiger partial charge in [-0.2, -0.15) is 11.8 Å². The minimum absolute atomic E-state index is 0.274. The van der Waals surface area contributed by atoms with E-state index in [0.29, 0.717) is 22.8 Å². The van der Waals surface area contributed by atoms with E-state index in [4.69, 9.17) is 4.74 Å². The number of allylic oxidation sites excluding steroid dienone is 5. The topological polar surface area (TPSA) is 75.6 Å². The second kappa shape index (κ2) is 16.5. The lowest BCUT2D eigenvalue weighted by Gasteiger charge is -2.16. The normalized spacial score (nSPS) is 12.5. The van der Waals surface area contributed by atoms with Crippen molar-refractivity contribution in [1.82, 2.24) is 5.32 Å². The molecular weight excluding hydrogens is 482 g/mol. The number of amides is 1. The van der Waals surface area contributed by atoms with Gasteiger partial charge in [0, 0.05) is 11.5 Å². The highest BCUT2D eigenvalue weighted by molar-refractivity contribution is 7.99. The van der Waals surface area contributed by atoms with Crippen LogP contribution in [0.5, 0.6) is 11.5 Å². The lowest BCUT2D eigenvalue weighted by Crippen LogP contribution is -2.42. The van der Waals surface area contributed by atoms with Crippen molar-refractivity contribution in [3.05, 3.63) is 95.1 Å². The van der Waals surface area contributed by atoms with Crippen LogP contribution in [0.1, 0.15) is 63.7 Å². The molecular formula is C31H39NO4S. The zero-order chi connectivity index (χ0) is 27.0. The van der Waals surface area contributed by atoms with Gasteiger partial charge in [-0.3, -0.25) is 4.79 Å². The molecule has 198 valence electrons. The van der Waals surface area contributed by atoms with Crippen LogP contribution in [0.25, 0.3) is 0 Å². The molecule has 0 radical (unpaired) electrons. The third kappa shape index (κ3) is 12.0. The predicted molar refractivity (Wildman–Crippen MR) is 155 cm³/mol. The van der Waals surface area contributed by atoms with E-state index in [0.717, 1.165) is 25.7 Å². The summed E-state index contributed by atoms with van der Waals surface area (Å²) in [6, 6.07) is 15.0. The van der Waals surface area contributed by atoms with Crippen molar-refractivity contribution in [2.75, 3.05) is 11.5 Å². The summed E-state index contributed by atoms with van der Waals surface area (Å²) in [5.74, 6) is 0.417. The first kappa shape index (κ1) is 30.0. The molecule has 0 unspecified atom stereocenters. The summed E-state index contributed by atoms with van der Waals surface area (Å²) in [5.41, 5.74) is 4.34. The Morgan fingerprint density at radius 3 is 2.19 bits per heavy atom. The summed E-state index contributed by atoms with van der Waals surface area (Å²) in [4.78, 5) is 24.7. The van der Waals surface area contributed by atoms with Crippen molar-refractivity contribution in [2.45, 2.75) is 59.4 Å². The number of thioether (sulfide) groups is 1. The van der Waals surface area contributed by atoms with Crippen LogP contribution in [0.2, 0.25) is 0 Å². The maximum absolute atomic E-state index is 12.9. The summed E-state index contributed by atoms with van der Waals surface area (Å²) < 4.78 is 5.85. The van der Waals surface area contributed by atoms with Crippen LogP contribution in [0.3, 0.4) is 0 Å². The second-order valence-electron chi connectivity index (χ2n) is 9.27. The number of hydrogen-bond acceptors (Lipinski definition) is 4. The Bertz CT molecular complexity index is 1100. The summed E-state index contributed by atoms with van der Waals surface area (Å²) in [6.07, 6.45) is 10.9. The molecule has 2 rings (SSSR count). The highest BCUT2D eigenvalue weighted by atomic mass is 32.2. The number of nitrogens with one attached hydrogen (secondary N) is 1. The van der Waals surface area contributed by atoms with E-state index in [1.165, 1.54) is 28.5 Å². The molecule has 0 spiro atoms. The quantitative estimate of drug-likeness (QED) is 0.185. The molecule has 1 atom stereocenters. The van der Waals surface area contributed by atoms with Gasteiger partial charge in [0.2, 0.25) is 0 Å². The molecule has 5 nitrogen and oxygen atoms in total. The first-order chi connectivity index (χ1) is 17.8. The van der Waals surface area contributed by atoms with E-state index in [9.17, 15) is 14.7 Å². The molecule has 0 bridgehead atoms. The fraction of sp³-hybridized carbons (Fsp3) is 0.355. The SMILES string of the molecule is CC(C)=CCC/C(C)=C/CC/C(C)=C/CSC[C@H](NC(=O)c1ccccc1Oc1ccccc1)C(=O)O. The smallest absolute Gasteiger partial charge is 0.327 e. The van der Waals surface area contributed by atoms with Crippen LogP contribution in [-0.4, -0.2) is 34.5 Å². The zero-order valence-electron chi connectivity index (χ0n) is 22.3. The highest BCUT2D eigenvalue weighted by Crippen LogP contribution is 2.25. The molecule has 0 aliphatic carbocycles. The number of ether oxygens (including phenoxy) is 1. The number of carbonyl (C=O) groups is 2. The number of carboxylic acid groups (broad SMARTS) is 1. The summed E-state index contributed by atoms with van der Waals surface area (Å²) in [5, 5.41) is 12.3. The van der Waals surface area contributed by atoms with Gasteiger partial charge in [0.15, 0.2) is 0 Å². The number of hydrogen-bond donors (Lipinski definition) is 2. The predicted octanol–water partition coefficient (Wildman–Crippen LogP) is 7.81. The number of para-hydroxylation sites is 2. The molecule has 6 heteroatoms. The Hall–Kier alpha value is -3.25. The van der Waals surface area contributed by atoms with Crippen molar-refractivity contribution in [3.8, 4) is 11.5 Å². The number of rotatable bonds is 15. The van der Waals surface area contributed by atoms with E-state index in [1.54, 1.807) is 36.4 Å². The number of carbonyl (C=O) groups excluding carboxylic acids is 1. The van der Waals surface area contributed by atoms with E-state index in [2.05, 4.69) is 51.2 Å². The number of benzene rings is 2. The Labute approximate surface area is 225 Å². The lowest BCUT2D eigenvalue weighted by atomic mass is 10.1. The monoisotopic (exact) mass is 521 g/mol. The minimum Gasteiger partial charge on any atom is -0.480 e. The van der Waals surface area contributed by atoms with Crippen LogP contribution in [-0.2, 0) is 4.79 Å². The average molecular weight is 522 g/mol. The second-order valence-corrected chi connectivity index (χ2v) is 10.3. The number of aliphatic carboxylic acids is 1. The molecule has 2 aromatic carbocycles. The molecule has 0 aliphatic rings. The van der Waals surface area contributed by atoms with Crippen LogP contribution in [0.4, 0.5) is 0 Å². The minimum atomic E-state index is -1.06. The molecule has 1 amide bonds.